The molecule has 0 fully saturated rings. The first-order valence-electron chi connectivity index (χ1n) is 6.48. The lowest BCUT2D eigenvalue weighted by Gasteiger charge is -2.08. The van der Waals surface area contributed by atoms with Gasteiger partial charge in [0.2, 0.25) is 5.89 Å². The number of rotatable bonds is 6. The summed E-state index contributed by atoms with van der Waals surface area (Å²) in [5.41, 5.74) is 2.28. The molecule has 4 nitrogen and oxygen atoms in total. The summed E-state index contributed by atoms with van der Waals surface area (Å²) in [6.07, 6.45) is 3.28. The van der Waals surface area contributed by atoms with Gasteiger partial charge in [0.25, 0.3) is 0 Å². The molecule has 98 valence electrons. The van der Waals surface area contributed by atoms with Gasteiger partial charge in [-0.15, -0.1) is 0 Å². The zero-order chi connectivity index (χ0) is 13.0. The third-order valence-electron chi connectivity index (χ3n) is 3.04. The minimum Gasteiger partial charge on any atom is -0.444 e. The van der Waals surface area contributed by atoms with Gasteiger partial charge >= 0.3 is 0 Å². The van der Waals surface area contributed by atoms with E-state index in [-0.39, 0.29) is 0 Å². The summed E-state index contributed by atoms with van der Waals surface area (Å²) >= 11 is 0. The molecule has 18 heavy (non-hydrogen) atoms. The molecule has 0 aliphatic rings. The predicted molar refractivity (Wildman–Crippen MR) is 71.2 cm³/mol. The Kier molecular flexibility index (Phi) is 4.20. The van der Waals surface area contributed by atoms with E-state index >= 15 is 0 Å². The second-order valence-corrected chi connectivity index (χ2v) is 4.55. The van der Waals surface area contributed by atoms with Crippen molar-refractivity contribution >= 4 is 0 Å². The van der Waals surface area contributed by atoms with E-state index in [1.165, 1.54) is 5.69 Å². The van der Waals surface area contributed by atoms with E-state index in [2.05, 4.69) is 40.1 Å². The van der Waals surface area contributed by atoms with Crippen molar-refractivity contribution in [3.8, 4) is 0 Å². The minimum absolute atomic E-state index is 0.673. The van der Waals surface area contributed by atoms with E-state index in [0.29, 0.717) is 6.54 Å². The molecule has 0 aromatic carbocycles. The minimum atomic E-state index is 0.673. The van der Waals surface area contributed by atoms with E-state index in [1.54, 1.807) is 0 Å². The zero-order valence-electron chi connectivity index (χ0n) is 11.4. The van der Waals surface area contributed by atoms with Crippen LogP contribution in [0.5, 0.6) is 0 Å². The van der Waals surface area contributed by atoms with Crippen molar-refractivity contribution in [2.24, 2.45) is 0 Å². The molecule has 2 heterocycles. The maximum Gasteiger partial charge on any atom is 0.208 e. The summed E-state index contributed by atoms with van der Waals surface area (Å²) in [5.74, 6) is 1.67. The largest absolute Gasteiger partial charge is 0.444 e. The molecule has 2 rings (SSSR count). The average Bonchev–Trinajstić information content (AvgIpc) is 2.89. The molecule has 0 bridgehead atoms. The fraction of sp³-hybridized carbons (Fsp3) is 0.500. The summed E-state index contributed by atoms with van der Waals surface area (Å²) < 4.78 is 7.81. The van der Waals surface area contributed by atoms with Crippen molar-refractivity contribution in [1.82, 2.24) is 14.9 Å². The first-order chi connectivity index (χ1) is 8.70. The van der Waals surface area contributed by atoms with E-state index in [0.717, 1.165) is 36.9 Å². The predicted octanol–water partition coefficient (Wildman–Crippen LogP) is 2.79. The van der Waals surface area contributed by atoms with Gasteiger partial charge in [0, 0.05) is 25.0 Å². The smallest absolute Gasteiger partial charge is 0.208 e. The standard InChI is InChI=1S/C14H21N3O/c1-4-7-17-8-5-6-13(17)9-15-10-14-16-11(2)12(3)18-14/h5-6,8,15H,4,7,9-10H2,1-3H3. The second-order valence-electron chi connectivity index (χ2n) is 4.55. The lowest BCUT2D eigenvalue weighted by Crippen LogP contribution is -2.16. The van der Waals surface area contributed by atoms with Crippen molar-refractivity contribution in [2.45, 2.75) is 46.8 Å². The fourth-order valence-corrected chi connectivity index (χ4v) is 1.98. The van der Waals surface area contributed by atoms with Crippen LogP contribution in [0.3, 0.4) is 0 Å². The SMILES string of the molecule is CCCn1cccc1CNCc1nc(C)c(C)o1. The Morgan fingerprint density at radius 2 is 2.17 bits per heavy atom. The Balaban J connectivity index is 1.86. The molecule has 4 heteroatoms. The van der Waals surface area contributed by atoms with Crippen molar-refractivity contribution in [3.63, 3.8) is 0 Å². The highest BCUT2D eigenvalue weighted by Gasteiger charge is 2.05. The van der Waals surface area contributed by atoms with Crippen LogP contribution in [-0.2, 0) is 19.6 Å². The monoisotopic (exact) mass is 247 g/mol. The maximum absolute atomic E-state index is 5.53. The quantitative estimate of drug-likeness (QED) is 0.853. The number of hydrogen-bond acceptors (Lipinski definition) is 3. The number of aryl methyl sites for hydroxylation is 3. The number of oxazole rings is 1. The van der Waals surface area contributed by atoms with Crippen LogP contribution in [0.15, 0.2) is 22.7 Å². The summed E-state index contributed by atoms with van der Waals surface area (Å²) in [4.78, 5) is 4.35. The Morgan fingerprint density at radius 3 is 2.83 bits per heavy atom. The Hall–Kier alpha value is -1.55. The first kappa shape index (κ1) is 12.9. The molecule has 0 atom stereocenters. The molecule has 1 N–H and O–H groups in total. The lowest BCUT2D eigenvalue weighted by molar-refractivity contribution is 0.445. The topological polar surface area (TPSA) is 43.0 Å². The van der Waals surface area contributed by atoms with Gasteiger partial charge in [-0.3, -0.25) is 0 Å². The van der Waals surface area contributed by atoms with Crippen molar-refractivity contribution in [2.75, 3.05) is 0 Å². The molecular formula is C14H21N3O. The average molecular weight is 247 g/mol. The van der Waals surface area contributed by atoms with Gasteiger partial charge in [0.15, 0.2) is 0 Å². The third kappa shape index (κ3) is 3.01. The molecule has 0 radical (unpaired) electrons. The second kappa shape index (κ2) is 5.87. The maximum atomic E-state index is 5.53. The zero-order valence-corrected chi connectivity index (χ0v) is 11.4. The first-order valence-corrected chi connectivity index (χ1v) is 6.48. The molecule has 0 spiro atoms. The highest BCUT2D eigenvalue weighted by Crippen LogP contribution is 2.08. The van der Waals surface area contributed by atoms with Gasteiger partial charge in [-0.25, -0.2) is 4.98 Å². The van der Waals surface area contributed by atoms with Gasteiger partial charge < -0.3 is 14.3 Å². The van der Waals surface area contributed by atoms with E-state index in [9.17, 15) is 0 Å². The highest BCUT2D eigenvalue weighted by atomic mass is 16.4. The molecule has 0 aliphatic carbocycles. The summed E-state index contributed by atoms with van der Waals surface area (Å²) in [6.45, 7) is 8.68. The number of aromatic nitrogens is 2. The Labute approximate surface area is 108 Å². The van der Waals surface area contributed by atoms with Gasteiger partial charge in [-0.2, -0.15) is 0 Å². The van der Waals surface area contributed by atoms with Gasteiger partial charge in [-0.1, -0.05) is 6.92 Å². The van der Waals surface area contributed by atoms with Crippen molar-refractivity contribution in [1.29, 1.82) is 0 Å². The summed E-state index contributed by atoms with van der Waals surface area (Å²) in [7, 11) is 0. The van der Waals surface area contributed by atoms with E-state index < -0.39 is 0 Å². The molecule has 2 aromatic heterocycles. The molecule has 0 saturated carbocycles. The van der Waals surface area contributed by atoms with Gasteiger partial charge in [0.05, 0.1) is 12.2 Å². The Morgan fingerprint density at radius 1 is 1.33 bits per heavy atom. The number of hydrogen-bond donors (Lipinski definition) is 1. The van der Waals surface area contributed by atoms with Crippen LogP contribution >= 0.6 is 0 Å². The molecule has 0 saturated heterocycles. The van der Waals surface area contributed by atoms with Crippen LogP contribution in [0.1, 0.15) is 36.4 Å². The number of nitrogens with one attached hydrogen (secondary N) is 1. The normalized spacial score (nSPS) is 11.1. The van der Waals surface area contributed by atoms with Crippen LogP contribution in [0.25, 0.3) is 0 Å². The van der Waals surface area contributed by atoms with E-state index in [1.807, 2.05) is 13.8 Å². The molecule has 0 unspecified atom stereocenters. The summed E-state index contributed by atoms with van der Waals surface area (Å²) in [5, 5.41) is 3.37. The van der Waals surface area contributed by atoms with Crippen LogP contribution in [0, 0.1) is 13.8 Å². The van der Waals surface area contributed by atoms with Crippen LogP contribution < -0.4 is 5.32 Å². The Bertz CT molecular complexity index is 479. The van der Waals surface area contributed by atoms with Crippen LogP contribution in [-0.4, -0.2) is 9.55 Å². The fourth-order valence-electron chi connectivity index (χ4n) is 1.98. The molecule has 2 aromatic rings. The summed E-state index contributed by atoms with van der Waals surface area (Å²) in [6, 6.07) is 4.24. The van der Waals surface area contributed by atoms with Crippen LogP contribution in [0.4, 0.5) is 0 Å². The molecule has 0 amide bonds. The van der Waals surface area contributed by atoms with Gasteiger partial charge in [-0.05, 0) is 32.4 Å². The third-order valence-corrected chi connectivity index (χ3v) is 3.04. The van der Waals surface area contributed by atoms with Crippen molar-refractivity contribution in [3.05, 3.63) is 41.4 Å². The van der Waals surface area contributed by atoms with Gasteiger partial charge in [0.1, 0.15) is 5.76 Å². The lowest BCUT2D eigenvalue weighted by atomic mass is 10.4. The molecule has 0 aliphatic heterocycles. The van der Waals surface area contributed by atoms with Crippen molar-refractivity contribution < 1.29 is 4.42 Å². The highest BCUT2D eigenvalue weighted by molar-refractivity contribution is 5.08. The molecular weight excluding hydrogens is 226 g/mol. The van der Waals surface area contributed by atoms with Crippen LogP contribution in [0.2, 0.25) is 0 Å². The number of nitrogens with zero attached hydrogens (tertiary/aromatic N) is 2. The van der Waals surface area contributed by atoms with E-state index in [4.69, 9.17) is 4.42 Å².